The summed E-state index contributed by atoms with van der Waals surface area (Å²) in [6.07, 6.45) is 0. The summed E-state index contributed by atoms with van der Waals surface area (Å²) in [4.78, 5) is 0. The van der Waals surface area contributed by atoms with Gasteiger partial charge in [-0.3, -0.25) is 0 Å². The molecule has 0 aliphatic rings. The van der Waals surface area contributed by atoms with E-state index in [0.717, 1.165) is 0 Å². The van der Waals surface area contributed by atoms with Crippen LogP contribution in [0.3, 0.4) is 0 Å². The van der Waals surface area contributed by atoms with Crippen LogP contribution in [0.2, 0.25) is 0 Å². The molecule has 0 aliphatic carbocycles. The molecule has 0 fully saturated rings. The Hall–Kier alpha value is -3.12. The third-order valence-electron chi connectivity index (χ3n) is 5.13. The molecule has 5 rings (SSSR count). The first-order valence-electron chi connectivity index (χ1n) is 8.72. The Balaban J connectivity index is 2.03. The van der Waals surface area contributed by atoms with Crippen LogP contribution in [0, 0.1) is 6.92 Å². The molecule has 0 nitrogen and oxygen atoms in total. The minimum atomic E-state index is 1.27. The average Bonchev–Trinajstić information content (AvgIpc) is 2.68. The van der Waals surface area contributed by atoms with Crippen LogP contribution in [0.25, 0.3) is 43.4 Å². The van der Waals surface area contributed by atoms with Crippen LogP contribution in [-0.4, -0.2) is 0 Å². The monoisotopic (exact) mass is 318 g/mol. The lowest BCUT2D eigenvalue weighted by Crippen LogP contribution is -1.87. The van der Waals surface area contributed by atoms with E-state index in [4.69, 9.17) is 0 Å². The lowest BCUT2D eigenvalue weighted by molar-refractivity contribution is 1.47. The second kappa shape index (κ2) is 5.46. The van der Waals surface area contributed by atoms with Gasteiger partial charge in [-0.15, -0.1) is 0 Å². The Kier molecular flexibility index (Phi) is 3.11. The van der Waals surface area contributed by atoms with E-state index >= 15 is 0 Å². The van der Waals surface area contributed by atoms with E-state index < -0.39 is 0 Å². The fraction of sp³-hybridized carbons (Fsp3) is 0.0400. The van der Waals surface area contributed by atoms with Crippen LogP contribution in [0.4, 0.5) is 0 Å². The summed E-state index contributed by atoms with van der Waals surface area (Å²) < 4.78 is 0. The number of fused-ring (bicyclic) bond motifs is 6. The van der Waals surface area contributed by atoms with Gasteiger partial charge in [-0.25, -0.2) is 0 Å². The van der Waals surface area contributed by atoms with Crippen LogP contribution in [0.15, 0.2) is 91.0 Å². The van der Waals surface area contributed by atoms with Crippen molar-refractivity contribution in [3.63, 3.8) is 0 Å². The Morgan fingerprint density at radius 2 is 0.920 bits per heavy atom. The van der Waals surface area contributed by atoms with Crippen LogP contribution >= 0.6 is 0 Å². The summed E-state index contributed by atoms with van der Waals surface area (Å²) in [6, 6.07) is 33.0. The molecule has 0 atom stereocenters. The van der Waals surface area contributed by atoms with Crippen molar-refractivity contribution in [2.45, 2.75) is 6.92 Å². The minimum absolute atomic E-state index is 1.27. The predicted molar refractivity (Wildman–Crippen MR) is 109 cm³/mol. The van der Waals surface area contributed by atoms with E-state index in [1.165, 1.54) is 49.0 Å². The normalized spacial score (nSPS) is 11.4. The van der Waals surface area contributed by atoms with Crippen molar-refractivity contribution < 1.29 is 0 Å². The smallest absolute Gasteiger partial charge is 0.00204 e. The molecule has 25 heavy (non-hydrogen) atoms. The Bertz CT molecular complexity index is 1180. The minimum Gasteiger partial charge on any atom is -0.0616 e. The van der Waals surface area contributed by atoms with Crippen molar-refractivity contribution in [1.29, 1.82) is 0 Å². The topological polar surface area (TPSA) is 0 Å². The van der Waals surface area contributed by atoms with Crippen LogP contribution in [0.1, 0.15) is 5.56 Å². The molecule has 5 aromatic carbocycles. The summed E-state index contributed by atoms with van der Waals surface area (Å²) in [5.41, 5.74) is 3.87. The average molecular weight is 318 g/mol. The van der Waals surface area contributed by atoms with Gasteiger partial charge in [-0.05, 0) is 50.4 Å². The van der Waals surface area contributed by atoms with Crippen LogP contribution in [-0.2, 0) is 0 Å². The van der Waals surface area contributed by atoms with Crippen LogP contribution in [0.5, 0.6) is 0 Å². The quantitative estimate of drug-likeness (QED) is 0.289. The molecule has 0 saturated heterocycles. The maximum atomic E-state index is 2.25. The van der Waals surface area contributed by atoms with Gasteiger partial charge >= 0.3 is 0 Å². The lowest BCUT2D eigenvalue weighted by Gasteiger charge is -2.14. The number of rotatable bonds is 1. The van der Waals surface area contributed by atoms with E-state index in [1.807, 2.05) is 0 Å². The maximum absolute atomic E-state index is 2.25. The standard InChI is InChI=1S/C25H18/c1-17-13-15-18(16-14-17)19-11-6-12-24-22-8-3-2-7-20(22)21-9-4-5-10-23(21)25(19)24/h2-16H,1H3. The van der Waals surface area contributed by atoms with E-state index in [9.17, 15) is 0 Å². The zero-order valence-electron chi connectivity index (χ0n) is 14.2. The first kappa shape index (κ1) is 14.2. The Morgan fingerprint density at radius 1 is 0.440 bits per heavy atom. The van der Waals surface area contributed by atoms with Gasteiger partial charge in [-0.2, -0.15) is 0 Å². The summed E-state index contributed by atoms with van der Waals surface area (Å²) in [6.45, 7) is 2.13. The summed E-state index contributed by atoms with van der Waals surface area (Å²) >= 11 is 0. The van der Waals surface area contributed by atoms with Gasteiger partial charge in [-0.1, -0.05) is 96.6 Å². The van der Waals surface area contributed by atoms with Gasteiger partial charge in [0, 0.05) is 0 Å². The molecule has 0 N–H and O–H groups in total. The van der Waals surface area contributed by atoms with E-state index in [1.54, 1.807) is 0 Å². The SMILES string of the molecule is Cc1ccc(-c2cccc3c4ccccc4c4ccccc4c23)cc1. The van der Waals surface area contributed by atoms with Gasteiger partial charge in [0.2, 0.25) is 0 Å². The van der Waals surface area contributed by atoms with Crippen molar-refractivity contribution in [2.24, 2.45) is 0 Å². The summed E-state index contributed by atoms with van der Waals surface area (Å²) in [5.74, 6) is 0. The summed E-state index contributed by atoms with van der Waals surface area (Å²) in [5, 5.41) is 7.97. The van der Waals surface area contributed by atoms with Gasteiger partial charge in [0.05, 0.1) is 0 Å². The number of benzene rings is 5. The molecule has 0 spiro atoms. The molecule has 0 radical (unpaired) electrons. The highest BCUT2D eigenvalue weighted by atomic mass is 14.1. The largest absolute Gasteiger partial charge is 0.0616 e. The van der Waals surface area contributed by atoms with Crippen molar-refractivity contribution in [2.75, 3.05) is 0 Å². The zero-order valence-corrected chi connectivity index (χ0v) is 14.2. The molecular weight excluding hydrogens is 300 g/mol. The molecule has 0 saturated carbocycles. The van der Waals surface area contributed by atoms with E-state index in [0.29, 0.717) is 0 Å². The fourth-order valence-corrected chi connectivity index (χ4v) is 3.93. The Morgan fingerprint density at radius 3 is 1.52 bits per heavy atom. The van der Waals surface area contributed by atoms with Crippen molar-refractivity contribution in [3.8, 4) is 11.1 Å². The van der Waals surface area contributed by atoms with Crippen molar-refractivity contribution in [1.82, 2.24) is 0 Å². The maximum Gasteiger partial charge on any atom is -0.00204 e. The molecule has 5 aromatic rings. The summed E-state index contributed by atoms with van der Waals surface area (Å²) in [7, 11) is 0. The highest BCUT2D eigenvalue weighted by Gasteiger charge is 2.12. The first-order chi connectivity index (χ1) is 12.3. The van der Waals surface area contributed by atoms with Gasteiger partial charge in [0.1, 0.15) is 0 Å². The highest BCUT2D eigenvalue weighted by molar-refractivity contribution is 6.28. The Labute approximate surface area is 147 Å². The van der Waals surface area contributed by atoms with Gasteiger partial charge < -0.3 is 0 Å². The number of aryl methyl sites for hydroxylation is 1. The number of hydrogen-bond donors (Lipinski definition) is 0. The van der Waals surface area contributed by atoms with Gasteiger partial charge in [0.25, 0.3) is 0 Å². The lowest BCUT2D eigenvalue weighted by atomic mass is 9.89. The molecular formula is C25H18. The van der Waals surface area contributed by atoms with Crippen LogP contribution < -0.4 is 0 Å². The second-order valence-corrected chi connectivity index (χ2v) is 6.69. The van der Waals surface area contributed by atoms with E-state index in [-0.39, 0.29) is 0 Å². The number of hydrogen-bond acceptors (Lipinski definition) is 0. The third-order valence-corrected chi connectivity index (χ3v) is 5.13. The van der Waals surface area contributed by atoms with Crippen molar-refractivity contribution >= 4 is 32.3 Å². The molecule has 0 heterocycles. The molecule has 0 bridgehead atoms. The van der Waals surface area contributed by atoms with Crippen molar-refractivity contribution in [3.05, 3.63) is 96.6 Å². The predicted octanol–water partition coefficient (Wildman–Crippen LogP) is 7.12. The molecule has 0 amide bonds. The van der Waals surface area contributed by atoms with Gasteiger partial charge in [0.15, 0.2) is 0 Å². The van der Waals surface area contributed by atoms with E-state index in [2.05, 4.69) is 97.9 Å². The second-order valence-electron chi connectivity index (χ2n) is 6.69. The first-order valence-corrected chi connectivity index (χ1v) is 8.72. The molecule has 0 aromatic heterocycles. The highest BCUT2D eigenvalue weighted by Crippen LogP contribution is 2.39. The molecule has 0 heteroatoms. The zero-order chi connectivity index (χ0) is 16.8. The molecule has 118 valence electrons. The molecule has 0 aliphatic heterocycles. The fourth-order valence-electron chi connectivity index (χ4n) is 3.93. The third kappa shape index (κ3) is 2.15. The molecule has 0 unspecified atom stereocenters.